The van der Waals surface area contributed by atoms with E-state index >= 15 is 0 Å². The highest BCUT2D eigenvalue weighted by atomic mass is 16.5. The van der Waals surface area contributed by atoms with Crippen molar-refractivity contribution in [1.82, 2.24) is 5.32 Å². The van der Waals surface area contributed by atoms with Crippen LogP contribution in [0.25, 0.3) is 0 Å². The van der Waals surface area contributed by atoms with Crippen LogP contribution in [0.4, 0.5) is 5.69 Å². The summed E-state index contributed by atoms with van der Waals surface area (Å²) in [5.74, 6) is -0.118. The van der Waals surface area contributed by atoms with Crippen LogP contribution < -0.4 is 10.6 Å². The van der Waals surface area contributed by atoms with Crippen molar-refractivity contribution < 1.29 is 9.53 Å². The maximum Gasteiger partial charge on any atom is 0.253 e. The van der Waals surface area contributed by atoms with Gasteiger partial charge in [0.1, 0.15) is 6.10 Å². The largest absolute Gasteiger partial charge is 0.367 e. The van der Waals surface area contributed by atoms with E-state index in [4.69, 9.17) is 4.74 Å². The lowest BCUT2D eigenvalue weighted by Gasteiger charge is -2.13. The number of rotatable bonds is 7. The number of likely N-dealkylation sites (N-methyl/N-ethyl adjacent to an activating group) is 1. The second-order valence-electron chi connectivity index (χ2n) is 3.72. The third kappa shape index (κ3) is 5.47. The number of ether oxygens (including phenoxy) is 1. The fourth-order valence-corrected chi connectivity index (χ4v) is 1.33. The standard InChI is InChI=1S/C13H20N2O2/c1-3-14-9-10-17-11(2)13(16)15-12-7-5-4-6-8-12/h4-8,11,14H,3,9-10H2,1-2H3,(H,15,16). The van der Waals surface area contributed by atoms with E-state index in [9.17, 15) is 4.79 Å². The minimum absolute atomic E-state index is 0.118. The number of hydrogen-bond donors (Lipinski definition) is 2. The summed E-state index contributed by atoms with van der Waals surface area (Å²) in [4.78, 5) is 11.7. The topological polar surface area (TPSA) is 50.4 Å². The predicted molar refractivity (Wildman–Crippen MR) is 69.0 cm³/mol. The zero-order chi connectivity index (χ0) is 12.5. The Morgan fingerprint density at radius 3 is 2.71 bits per heavy atom. The molecule has 0 aliphatic rings. The van der Waals surface area contributed by atoms with Gasteiger partial charge in [0.25, 0.3) is 5.91 Å². The molecule has 4 heteroatoms. The van der Waals surface area contributed by atoms with Gasteiger partial charge in [0.15, 0.2) is 0 Å². The first kappa shape index (κ1) is 13.7. The van der Waals surface area contributed by atoms with Crippen LogP contribution in [0.3, 0.4) is 0 Å². The monoisotopic (exact) mass is 236 g/mol. The highest BCUT2D eigenvalue weighted by molar-refractivity contribution is 5.93. The Bertz CT molecular complexity index is 327. The number of nitrogens with one attached hydrogen (secondary N) is 2. The summed E-state index contributed by atoms with van der Waals surface area (Å²) in [6, 6.07) is 9.37. The lowest BCUT2D eigenvalue weighted by molar-refractivity contribution is -0.126. The van der Waals surface area contributed by atoms with Gasteiger partial charge in [-0.25, -0.2) is 0 Å². The van der Waals surface area contributed by atoms with Gasteiger partial charge in [-0.15, -0.1) is 0 Å². The third-order valence-corrected chi connectivity index (χ3v) is 2.31. The molecule has 4 nitrogen and oxygen atoms in total. The van der Waals surface area contributed by atoms with E-state index in [1.54, 1.807) is 6.92 Å². The number of hydrogen-bond acceptors (Lipinski definition) is 3. The molecule has 0 spiro atoms. The lowest BCUT2D eigenvalue weighted by Crippen LogP contribution is -2.30. The van der Waals surface area contributed by atoms with Crippen LogP contribution in [0.2, 0.25) is 0 Å². The van der Waals surface area contributed by atoms with Crippen LogP contribution in [0.5, 0.6) is 0 Å². The van der Waals surface area contributed by atoms with Gasteiger partial charge in [0, 0.05) is 12.2 Å². The minimum Gasteiger partial charge on any atom is -0.367 e. The lowest BCUT2D eigenvalue weighted by atomic mass is 10.3. The Morgan fingerprint density at radius 2 is 2.06 bits per heavy atom. The van der Waals surface area contributed by atoms with E-state index in [-0.39, 0.29) is 5.91 Å². The summed E-state index contributed by atoms with van der Waals surface area (Å²) < 4.78 is 5.40. The Labute approximate surface area is 102 Å². The molecule has 0 fully saturated rings. The number of para-hydroxylation sites is 1. The van der Waals surface area contributed by atoms with Gasteiger partial charge in [-0.2, -0.15) is 0 Å². The van der Waals surface area contributed by atoms with Crippen molar-refractivity contribution in [3.63, 3.8) is 0 Å². The molecule has 0 radical (unpaired) electrons. The molecule has 2 N–H and O–H groups in total. The van der Waals surface area contributed by atoms with Crippen molar-refractivity contribution in [2.24, 2.45) is 0 Å². The molecule has 0 heterocycles. The smallest absolute Gasteiger partial charge is 0.253 e. The quantitative estimate of drug-likeness (QED) is 0.708. The summed E-state index contributed by atoms with van der Waals surface area (Å²) in [5.41, 5.74) is 0.791. The Hall–Kier alpha value is -1.39. The average Bonchev–Trinajstić information content (AvgIpc) is 2.35. The maximum absolute atomic E-state index is 11.7. The van der Waals surface area contributed by atoms with Crippen LogP contribution in [-0.2, 0) is 9.53 Å². The Morgan fingerprint density at radius 1 is 1.35 bits per heavy atom. The van der Waals surface area contributed by atoms with Crippen molar-refractivity contribution in [2.75, 3.05) is 25.0 Å². The Kier molecular flexibility index (Phi) is 6.29. The predicted octanol–water partition coefficient (Wildman–Crippen LogP) is 1.64. The number of amides is 1. The molecule has 0 bridgehead atoms. The zero-order valence-corrected chi connectivity index (χ0v) is 10.4. The van der Waals surface area contributed by atoms with Gasteiger partial charge in [0.2, 0.25) is 0 Å². The van der Waals surface area contributed by atoms with E-state index in [0.717, 1.165) is 18.8 Å². The third-order valence-electron chi connectivity index (χ3n) is 2.31. The second-order valence-corrected chi connectivity index (χ2v) is 3.72. The van der Waals surface area contributed by atoms with Crippen molar-refractivity contribution >= 4 is 11.6 Å². The molecule has 0 aliphatic carbocycles. The summed E-state index contributed by atoms with van der Waals surface area (Å²) in [6.45, 7) is 6.00. The normalized spacial score (nSPS) is 12.1. The first-order valence-corrected chi connectivity index (χ1v) is 5.92. The van der Waals surface area contributed by atoms with Gasteiger partial charge in [0.05, 0.1) is 6.61 Å². The second kappa shape index (κ2) is 7.81. The van der Waals surface area contributed by atoms with Crippen LogP contribution >= 0.6 is 0 Å². The fraction of sp³-hybridized carbons (Fsp3) is 0.462. The number of carbonyl (C=O) groups excluding carboxylic acids is 1. The molecule has 1 atom stereocenters. The molecule has 1 rings (SSSR count). The van der Waals surface area contributed by atoms with Crippen molar-refractivity contribution in [1.29, 1.82) is 0 Å². The van der Waals surface area contributed by atoms with Crippen molar-refractivity contribution in [3.8, 4) is 0 Å². The van der Waals surface area contributed by atoms with Crippen LogP contribution in [0.1, 0.15) is 13.8 Å². The van der Waals surface area contributed by atoms with Gasteiger partial charge >= 0.3 is 0 Å². The summed E-state index contributed by atoms with van der Waals surface area (Å²) >= 11 is 0. The fourth-order valence-electron chi connectivity index (χ4n) is 1.33. The molecule has 1 unspecified atom stereocenters. The SMILES string of the molecule is CCNCCOC(C)C(=O)Nc1ccccc1. The number of carbonyl (C=O) groups is 1. The summed E-state index contributed by atoms with van der Waals surface area (Å²) in [5, 5.41) is 5.93. The Balaban J connectivity index is 2.27. The first-order chi connectivity index (χ1) is 8.24. The van der Waals surface area contributed by atoms with Gasteiger partial charge < -0.3 is 15.4 Å². The molecule has 0 aromatic heterocycles. The van der Waals surface area contributed by atoms with Gasteiger partial charge in [-0.3, -0.25) is 4.79 Å². The van der Waals surface area contributed by atoms with Gasteiger partial charge in [-0.05, 0) is 25.6 Å². The molecule has 1 aromatic rings. The van der Waals surface area contributed by atoms with E-state index in [1.807, 2.05) is 37.3 Å². The molecule has 94 valence electrons. The molecule has 0 saturated heterocycles. The number of anilines is 1. The van der Waals surface area contributed by atoms with E-state index in [1.165, 1.54) is 0 Å². The molecular formula is C13H20N2O2. The maximum atomic E-state index is 11.7. The molecule has 1 amide bonds. The molecular weight excluding hydrogens is 216 g/mol. The van der Waals surface area contributed by atoms with Crippen LogP contribution in [0.15, 0.2) is 30.3 Å². The molecule has 1 aromatic carbocycles. The number of benzene rings is 1. The van der Waals surface area contributed by atoms with Crippen LogP contribution in [-0.4, -0.2) is 31.7 Å². The highest BCUT2D eigenvalue weighted by Gasteiger charge is 2.12. The van der Waals surface area contributed by atoms with Crippen LogP contribution in [0, 0.1) is 0 Å². The van der Waals surface area contributed by atoms with Crippen molar-refractivity contribution in [2.45, 2.75) is 20.0 Å². The summed E-state index contributed by atoms with van der Waals surface area (Å²) in [7, 11) is 0. The first-order valence-electron chi connectivity index (χ1n) is 5.92. The zero-order valence-electron chi connectivity index (χ0n) is 10.4. The molecule has 0 aliphatic heterocycles. The van der Waals surface area contributed by atoms with E-state index in [0.29, 0.717) is 6.61 Å². The molecule has 0 saturated carbocycles. The molecule has 17 heavy (non-hydrogen) atoms. The highest BCUT2D eigenvalue weighted by Crippen LogP contribution is 2.06. The van der Waals surface area contributed by atoms with Gasteiger partial charge in [-0.1, -0.05) is 25.1 Å². The summed E-state index contributed by atoms with van der Waals surface area (Å²) in [6.07, 6.45) is -0.436. The minimum atomic E-state index is -0.436. The van der Waals surface area contributed by atoms with E-state index in [2.05, 4.69) is 10.6 Å². The van der Waals surface area contributed by atoms with Crippen molar-refractivity contribution in [3.05, 3.63) is 30.3 Å². The van der Waals surface area contributed by atoms with E-state index < -0.39 is 6.10 Å². The average molecular weight is 236 g/mol.